The van der Waals surface area contributed by atoms with E-state index in [-0.39, 0.29) is 0 Å². The van der Waals surface area contributed by atoms with E-state index in [4.69, 9.17) is 15.5 Å². The Morgan fingerprint density at radius 2 is 2.24 bits per heavy atom. The van der Waals surface area contributed by atoms with E-state index in [9.17, 15) is 0 Å². The summed E-state index contributed by atoms with van der Waals surface area (Å²) in [5, 5.41) is 0. The molecule has 1 aliphatic rings. The molecule has 0 saturated heterocycles. The molecule has 2 N–H and O–H groups in total. The first-order valence-electron chi connectivity index (χ1n) is 5.95. The molecule has 1 atom stereocenters. The van der Waals surface area contributed by atoms with Gasteiger partial charge in [-0.2, -0.15) is 0 Å². The average molecular weight is 236 g/mol. The maximum absolute atomic E-state index is 5.41. The molecule has 94 valence electrons. The summed E-state index contributed by atoms with van der Waals surface area (Å²) in [7, 11) is 1.71. The Morgan fingerprint density at radius 3 is 2.82 bits per heavy atom. The van der Waals surface area contributed by atoms with Gasteiger partial charge in [0.1, 0.15) is 5.75 Å². The van der Waals surface area contributed by atoms with Crippen molar-refractivity contribution in [1.82, 2.24) is 0 Å². The fraction of sp³-hybridized carbons (Fsp3) is 0.538. The lowest BCUT2D eigenvalue weighted by molar-refractivity contribution is 0.122. The molecular weight excluding hydrogens is 216 g/mol. The van der Waals surface area contributed by atoms with Crippen molar-refractivity contribution in [1.29, 1.82) is 0 Å². The van der Waals surface area contributed by atoms with Gasteiger partial charge in [0.25, 0.3) is 0 Å². The van der Waals surface area contributed by atoms with E-state index >= 15 is 0 Å². The predicted octanol–water partition coefficient (Wildman–Crippen LogP) is 1.72. The minimum Gasteiger partial charge on any atom is -0.496 e. The largest absolute Gasteiger partial charge is 0.496 e. The van der Waals surface area contributed by atoms with Crippen LogP contribution in [0.4, 0.5) is 5.69 Å². The van der Waals surface area contributed by atoms with Crippen LogP contribution in [0.15, 0.2) is 18.2 Å². The molecule has 0 amide bonds. The number of methoxy groups -OCH3 is 1. The molecule has 4 nitrogen and oxygen atoms in total. The molecule has 0 aliphatic carbocycles. The first-order valence-corrected chi connectivity index (χ1v) is 5.95. The summed E-state index contributed by atoms with van der Waals surface area (Å²) < 4.78 is 5.41. The van der Waals surface area contributed by atoms with E-state index in [1.54, 1.807) is 7.11 Å². The molecule has 1 aliphatic heterocycles. The third-order valence-corrected chi connectivity index (χ3v) is 3.28. The van der Waals surface area contributed by atoms with Crippen LogP contribution in [0.5, 0.6) is 5.75 Å². The smallest absolute Gasteiger partial charge is 0.124 e. The summed E-state index contributed by atoms with van der Waals surface area (Å²) in [6.45, 7) is 4.90. The van der Waals surface area contributed by atoms with Crippen molar-refractivity contribution in [2.24, 2.45) is 5.90 Å². The van der Waals surface area contributed by atoms with Crippen molar-refractivity contribution in [2.45, 2.75) is 32.4 Å². The molecule has 17 heavy (non-hydrogen) atoms. The summed E-state index contributed by atoms with van der Waals surface area (Å²) in [6, 6.07) is 6.88. The summed E-state index contributed by atoms with van der Waals surface area (Å²) >= 11 is 0. The second kappa shape index (κ2) is 4.94. The number of nitrogens with two attached hydrogens (primary N) is 1. The lowest BCUT2D eigenvalue weighted by Gasteiger charge is -2.30. The molecule has 0 radical (unpaired) electrons. The van der Waals surface area contributed by atoms with Crippen LogP contribution in [0.2, 0.25) is 0 Å². The highest BCUT2D eigenvalue weighted by atomic mass is 16.6. The van der Waals surface area contributed by atoms with Crippen molar-refractivity contribution >= 4 is 5.69 Å². The highest BCUT2D eigenvalue weighted by Gasteiger charge is 2.32. The topological polar surface area (TPSA) is 47.7 Å². The zero-order chi connectivity index (χ0) is 12.4. The molecule has 1 aromatic rings. The van der Waals surface area contributed by atoms with Gasteiger partial charge in [-0.15, -0.1) is 0 Å². The fourth-order valence-electron chi connectivity index (χ4n) is 2.67. The molecule has 0 bridgehead atoms. The van der Waals surface area contributed by atoms with Gasteiger partial charge < -0.3 is 14.5 Å². The SMILES string of the molecule is COc1cccc2c1CC(CON)N2C(C)C. The number of ether oxygens (including phenoxy) is 1. The van der Waals surface area contributed by atoms with Gasteiger partial charge in [-0.1, -0.05) is 6.07 Å². The van der Waals surface area contributed by atoms with Crippen LogP contribution in [-0.4, -0.2) is 25.8 Å². The number of fused-ring (bicyclic) bond motifs is 1. The molecule has 4 heteroatoms. The molecule has 0 fully saturated rings. The lowest BCUT2D eigenvalue weighted by Crippen LogP contribution is -2.41. The maximum atomic E-state index is 5.41. The van der Waals surface area contributed by atoms with Crippen LogP contribution in [0.25, 0.3) is 0 Å². The van der Waals surface area contributed by atoms with Gasteiger partial charge in [0.2, 0.25) is 0 Å². The second-order valence-electron chi connectivity index (χ2n) is 4.65. The minimum absolute atomic E-state index is 0.297. The van der Waals surface area contributed by atoms with Gasteiger partial charge >= 0.3 is 0 Å². The molecule has 2 rings (SSSR count). The number of hydrogen-bond donors (Lipinski definition) is 1. The van der Waals surface area contributed by atoms with Crippen LogP contribution in [-0.2, 0) is 11.3 Å². The Hall–Kier alpha value is -1.26. The van der Waals surface area contributed by atoms with E-state index in [2.05, 4.69) is 24.8 Å². The lowest BCUT2D eigenvalue weighted by atomic mass is 10.1. The summed E-state index contributed by atoms with van der Waals surface area (Å²) in [5.74, 6) is 6.17. The minimum atomic E-state index is 0.297. The van der Waals surface area contributed by atoms with Gasteiger partial charge in [0.15, 0.2) is 0 Å². The number of rotatable bonds is 4. The Balaban J connectivity index is 2.38. The number of benzene rings is 1. The summed E-state index contributed by atoms with van der Waals surface area (Å²) in [4.78, 5) is 7.18. The third kappa shape index (κ3) is 2.10. The maximum Gasteiger partial charge on any atom is 0.124 e. The zero-order valence-electron chi connectivity index (χ0n) is 10.6. The molecule has 0 saturated carbocycles. The molecular formula is C13H20N2O2. The van der Waals surface area contributed by atoms with E-state index in [0.29, 0.717) is 18.7 Å². The van der Waals surface area contributed by atoms with Crippen molar-refractivity contribution in [3.63, 3.8) is 0 Å². The average Bonchev–Trinajstić information content (AvgIpc) is 2.67. The Bertz CT molecular complexity index is 393. The highest BCUT2D eigenvalue weighted by Crippen LogP contribution is 2.39. The number of nitrogens with zero attached hydrogens (tertiary/aromatic N) is 1. The summed E-state index contributed by atoms with van der Waals surface area (Å²) in [5.41, 5.74) is 2.49. The van der Waals surface area contributed by atoms with Gasteiger partial charge in [-0.25, -0.2) is 5.90 Å². The Labute approximate surface area is 102 Å². The quantitative estimate of drug-likeness (QED) is 0.809. The van der Waals surface area contributed by atoms with Gasteiger partial charge in [-0.05, 0) is 26.0 Å². The molecule has 0 aromatic heterocycles. The Kier molecular flexibility index (Phi) is 3.54. The monoisotopic (exact) mass is 236 g/mol. The van der Waals surface area contributed by atoms with Gasteiger partial charge in [0, 0.05) is 23.7 Å². The first kappa shape index (κ1) is 12.2. The van der Waals surface area contributed by atoms with Crippen molar-refractivity contribution in [2.75, 3.05) is 18.6 Å². The van der Waals surface area contributed by atoms with Crippen molar-refractivity contribution in [3.05, 3.63) is 23.8 Å². The van der Waals surface area contributed by atoms with E-state index in [1.165, 1.54) is 11.3 Å². The van der Waals surface area contributed by atoms with Crippen LogP contribution >= 0.6 is 0 Å². The fourth-order valence-corrected chi connectivity index (χ4v) is 2.67. The summed E-state index contributed by atoms with van der Waals surface area (Å²) in [6.07, 6.45) is 0.925. The van der Waals surface area contributed by atoms with Crippen LogP contribution in [0, 0.1) is 0 Å². The third-order valence-electron chi connectivity index (χ3n) is 3.28. The predicted molar refractivity (Wildman–Crippen MR) is 68.2 cm³/mol. The highest BCUT2D eigenvalue weighted by molar-refractivity contribution is 5.65. The number of hydrogen-bond acceptors (Lipinski definition) is 4. The molecule has 1 unspecified atom stereocenters. The van der Waals surface area contributed by atoms with Crippen LogP contribution in [0.3, 0.4) is 0 Å². The van der Waals surface area contributed by atoms with Gasteiger partial charge in [0.05, 0.1) is 19.8 Å². The normalized spacial score (nSPS) is 18.6. The van der Waals surface area contributed by atoms with Gasteiger partial charge in [-0.3, -0.25) is 0 Å². The zero-order valence-corrected chi connectivity index (χ0v) is 10.6. The Morgan fingerprint density at radius 1 is 1.47 bits per heavy atom. The number of anilines is 1. The van der Waals surface area contributed by atoms with E-state index < -0.39 is 0 Å². The van der Waals surface area contributed by atoms with Crippen LogP contribution < -0.4 is 15.5 Å². The van der Waals surface area contributed by atoms with E-state index in [1.807, 2.05) is 12.1 Å². The second-order valence-corrected chi connectivity index (χ2v) is 4.65. The van der Waals surface area contributed by atoms with Crippen LogP contribution in [0.1, 0.15) is 19.4 Å². The van der Waals surface area contributed by atoms with Crippen molar-refractivity contribution in [3.8, 4) is 5.75 Å². The van der Waals surface area contributed by atoms with E-state index in [0.717, 1.165) is 12.2 Å². The van der Waals surface area contributed by atoms with Crippen molar-refractivity contribution < 1.29 is 9.57 Å². The molecule has 0 spiro atoms. The molecule has 1 aromatic carbocycles. The first-order chi connectivity index (χ1) is 8.19. The standard InChI is InChI=1S/C13H20N2O2/c1-9(2)15-10(8-17-14)7-11-12(15)5-4-6-13(11)16-3/h4-6,9-10H,7-8,14H2,1-3H3. The molecule has 1 heterocycles.